The summed E-state index contributed by atoms with van der Waals surface area (Å²) in [6, 6.07) is 8.78. The number of aromatic amines is 1. The Bertz CT molecular complexity index is 536. The third kappa shape index (κ3) is 2.77. The van der Waals surface area contributed by atoms with E-state index in [0.717, 1.165) is 17.9 Å². The van der Waals surface area contributed by atoms with Crippen molar-refractivity contribution < 1.29 is 0 Å². The van der Waals surface area contributed by atoms with Gasteiger partial charge in [-0.15, -0.1) is 10.2 Å². The Balaban J connectivity index is 1.53. The molecule has 100 valence electrons. The molecule has 5 nitrogen and oxygen atoms in total. The maximum atomic E-state index is 6.02. The minimum absolute atomic E-state index is 0.129. The number of nitrogens with zero attached hydrogens (tertiary/aromatic N) is 3. The van der Waals surface area contributed by atoms with Gasteiger partial charge in [-0.1, -0.05) is 28.9 Å². The fourth-order valence-corrected chi connectivity index (χ4v) is 2.77. The number of tetrazole rings is 1. The third-order valence-corrected chi connectivity index (χ3v) is 3.93. The standard InChI is InChI=1S/C13H16ClN5/c1-8(13-16-18-19-17-13)15-12-6-10(7-12)9-3-2-4-11(14)5-9/h2-5,8,10,12,15H,6-7H2,1H3,(H,16,17,18,19). The summed E-state index contributed by atoms with van der Waals surface area (Å²) >= 11 is 6.02. The Morgan fingerprint density at radius 3 is 2.95 bits per heavy atom. The highest BCUT2D eigenvalue weighted by Crippen LogP contribution is 2.38. The molecular formula is C13H16ClN5. The SMILES string of the molecule is CC(NC1CC(c2cccc(Cl)c2)C1)c1nn[nH]n1. The van der Waals surface area contributed by atoms with Crippen molar-refractivity contribution in [2.24, 2.45) is 0 Å². The van der Waals surface area contributed by atoms with Gasteiger partial charge in [-0.25, -0.2) is 0 Å². The number of nitrogens with one attached hydrogen (secondary N) is 2. The smallest absolute Gasteiger partial charge is 0.191 e. The molecule has 3 rings (SSSR count). The van der Waals surface area contributed by atoms with Crippen LogP contribution in [0.1, 0.15) is 43.1 Å². The van der Waals surface area contributed by atoms with Gasteiger partial charge in [0.2, 0.25) is 0 Å². The molecule has 19 heavy (non-hydrogen) atoms. The van der Waals surface area contributed by atoms with Gasteiger partial charge in [-0.05, 0) is 43.4 Å². The molecule has 0 amide bonds. The molecule has 1 fully saturated rings. The molecule has 1 aliphatic rings. The Hall–Kier alpha value is -1.46. The van der Waals surface area contributed by atoms with Gasteiger partial charge in [0.15, 0.2) is 5.82 Å². The largest absolute Gasteiger partial charge is 0.305 e. The second-order valence-electron chi connectivity index (χ2n) is 5.08. The van der Waals surface area contributed by atoms with Crippen LogP contribution >= 0.6 is 11.6 Å². The van der Waals surface area contributed by atoms with E-state index in [1.165, 1.54) is 5.56 Å². The molecule has 1 aromatic carbocycles. The first-order valence-corrected chi connectivity index (χ1v) is 6.85. The summed E-state index contributed by atoms with van der Waals surface area (Å²) in [6.45, 7) is 2.05. The second kappa shape index (κ2) is 5.27. The molecule has 0 aliphatic heterocycles. The average Bonchev–Trinajstić information content (AvgIpc) is 2.86. The zero-order valence-electron chi connectivity index (χ0n) is 10.7. The van der Waals surface area contributed by atoms with Gasteiger partial charge in [0, 0.05) is 11.1 Å². The van der Waals surface area contributed by atoms with Crippen LogP contribution in [-0.2, 0) is 0 Å². The molecule has 0 radical (unpaired) electrons. The van der Waals surface area contributed by atoms with Crippen molar-refractivity contribution >= 4 is 11.6 Å². The molecule has 1 atom stereocenters. The third-order valence-electron chi connectivity index (χ3n) is 3.69. The zero-order valence-corrected chi connectivity index (χ0v) is 11.4. The van der Waals surface area contributed by atoms with E-state index in [-0.39, 0.29) is 6.04 Å². The topological polar surface area (TPSA) is 66.5 Å². The van der Waals surface area contributed by atoms with Crippen molar-refractivity contribution in [2.75, 3.05) is 0 Å². The van der Waals surface area contributed by atoms with E-state index < -0.39 is 0 Å². The van der Waals surface area contributed by atoms with E-state index in [4.69, 9.17) is 11.6 Å². The Labute approximate surface area is 116 Å². The molecule has 0 spiro atoms. The van der Waals surface area contributed by atoms with Crippen LogP contribution < -0.4 is 5.32 Å². The van der Waals surface area contributed by atoms with E-state index in [0.29, 0.717) is 17.8 Å². The highest BCUT2D eigenvalue weighted by molar-refractivity contribution is 6.30. The fraction of sp³-hybridized carbons (Fsp3) is 0.462. The Morgan fingerprint density at radius 2 is 2.26 bits per heavy atom. The van der Waals surface area contributed by atoms with Crippen molar-refractivity contribution in [3.05, 3.63) is 40.7 Å². The molecule has 2 N–H and O–H groups in total. The van der Waals surface area contributed by atoms with Gasteiger partial charge in [-0.3, -0.25) is 0 Å². The zero-order chi connectivity index (χ0) is 13.2. The monoisotopic (exact) mass is 277 g/mol. The number of aromatic nitrogens is 4. The predicted octanol–water partition coefficient (Wildman–Crippen LogP) is 2.45. The highest BCUT2D eigenvalue weighted by Gasteiger charge is 2.31. The minimum Gasteiger partial charge on any atom is -0.305 e. The number of hydrogen-bond acceptors (Lipinski definition) is 4. The Morgan fingerprint density at radius 1 is 1.42 bits per heavy atom. The molecule has 0 bridgehead atoms. The van der Waals surface area contributed by atoms with Crippen LogP contribution in [0.2, 0.25) is 5.02 Å². The first kappa shape index (κ1) is 12.6. The quantitative estimate of drug-likeness (QED) is 0.901. The summed E-state index contributed by atoms with van der Waals surface area (Å²) in [7, 11) is 0. The van der Waals surface area contributed by atoms with Crippen LogP contribution in [0.15, 0.2) is 24.3 Å². The maximum Gasteiger partial charge on any atom is 0.191 e. The Kier molecular flexibility index (Phi) is 3.48. The molecule has 2 aromatic rings. The van der Waals surface area contributed by atoms with E-state index in [1.54, 1.807) is 0 Å². The average molecular weight is 278 g/mol. The lowest BCUT2D eigenvalue weighted by atomic mass is 9.75. The predicted molar refractivity (Wildman–Crippen MR) is 72.9 cm³/mol. The van der Waals surface area contributed by atoms with Gasteiger partial charge in [0.1, 0.15) is 0 Å². The summed E-state index contributed by atoms with van der Waals surface area (Å²) in [5.74, 6) is 1.32. The number of rotatable bonds is 4. The van der Waals surface area contributed by atoms with Gasteiger partial charge >= 0.3 is 0 Å². The number of benzene rings is 1. The lowest BCUT2D eigenvalue weighted by Gasteiger charge is -2.37. The fourth-order valence-electron chi connectivity index (χ4n) is 2.57. The molecular weight excluding hydrogens is 262 g/mol. The summed E-state index contributed by atoms with van der Waals surface area (Å²) in [5.41, 5.74) is 1.33. The van der Waals surface area contributed by atoms with Crippen molar-refractivity contribution in [1.82, 2.24) is 25.9 Å². The summed E-state index contributed by atoms with van der Waals surface area (Å²) in [6.07, 6.45) is 2.26. The minimum atomic E-state index is 0.129. The van der Waals surface area contributed by atoms with Crippen molar-refractivity contribution in [1.29, 1.82) is 0 Å². The van der Waals surface area contributed by atoms with Crippen LogP contribution in [0.4, 0.5) is 0 Å². The normalized spacial score (nSPS) is 23.9. The summed E-state index contributed by atoms with van der Waals surface area (Å²) in [4.78, 5) is 0. The molecule has 1 aromatic heterocycles. The summed E-state index contributed by atoms with van der Waals surface area (Å²) in [5, 5.41) is 18.4. The van der Waals surface area contributed by atoms with Crippen LogP contribution in [0.3, 0.4) is 0 Å². The number of H-pyrrole nitrogens is 1. The lowest BCUT2D eigenvalue weighted by Crippen LogP contribution is -2.41. The molecule has 0 saturated heterocycles. The van der Waals surface area contributed by atoms with E-state index >= 15 is 0 Å². The van der Waals surface area contributed by atoms with Gasteiger partial charge in [0.05, 0.1) is 6.04 Å². The highest BCUT2D eigenvalue weighted by atomic mass is 35.5. The van der Waals surface area contributed by atoms with Crippen molar-refractivity contribution in [3.8, 4) is 0 Å². The van der Waals surface area contributed by atoms with Gasteiger partial charge in [0.25, 0.3) is 0 Å². The van der Waals surface area contributed by atoms with Gasteiger partial charge in [-0.2, -0.15) is 5.21 Å². The maximum absolute atomic E-state index is 6.02. The second-order valence-corrected chi connectivity index (χ2v) is 5.52. The van der Waals surface area contributed by atoms with Crippen molar-refractivity contribution in [2.45, 2.75) is 37.8 Å². The van der Waals surface area contributed by atoms with E-state index in [1.807, 2.05) is 12.1 Å². The van der Waals surface area contributed by atoms with Crippen LogP contribution in [0.5, 0.6) is 0 Å². The van der Waals surface area contributed by atoms with E-state index in [2.05, 4.69) is 45.0 Å². The molecule has 1 saturated carbocycles. The molecule has 1 unspecified atom stereocenters. The van der Waals surface area contributed by atoms with Crippen LogP contribution in [-0.4, -0.2) is 26.7 Å². The van der Waals surface area contributed by atoms with E-state index in [9.17, 15) is 0 Å². The number of halogens is 1. The summed E-state index contributed by atoms with van der Waals surface area (Å²) < 4.78 is 0. The molecule has 6 heteroatoms. The first-order chi connectivity index (χ1) is 9.22. The van der Waals surface area contributed by atoms with Crippen LogP contribution in [0, 0.1) is 0 Å². The molecule has 1 heterocycles. The van der Waals surface area contributed by atoms with Gasteiger partial charge < -0.3 is 5.32 Å². The van der Waals surface area contributed by atoms with Crippen LogP contribution in [0.25, 0.3) is 0 Å². The van der Waals surface area contributed by atoms with Crippen molar-refractivity contribution in [3.63, 3.8) is 0 Å². The lowest BCUT2D eigenvalue weighted by molar-refractivity contribution is 0.267. The molecule has 1 aliphatic carbocycles. The number of hydrogen-bond donors (Lipinski definition) is 2. The first-order valence-electron chi connectivity index (χ1n) is 6.47.